The molecule has 1 heterocycles. The number of hydroxylamine groups is 2. The maximum absolute atomic E-state index is 12.2. The van der Waals surface area contributed by atoms with Crippen molar-refractivity contribution >= 4 is 17.5 Å². The standard InChI is InChI=1S/C17H22ClNO3/c1-17(2)11-21-19(16(17)20)22-15-9-5-7-13(15)10-12-6-3-4-8-14(12)18/h3-4,6,8,13,15H,5,7,9-11H2,1-2H3. The van der Waals surface area contributed by atoms with Crippen molar-refractivity contribution in [2.45, 2.75) is 45.6 Å². The molecule has 2 aliphatic rings. The van der Waals surface area contributed by atoms with Crippen LogP contribution in [0.25, 0.3) is 0 Å². The largest absolute Gasteiger partial charge is 0.281 e. The minimum absolute atomic E-state index is 0.00845. The SMILES string of the molecule is CC1(C)CON(OC2CCCC2Cc2ccccc2Cl)C1=O. The average Bonchev–Trinajstić information content (AvgIpc) is 3.01. The lowest BCUT2D eigenvalue weighted by Gasteiger charge is -2.24. The molecule has 22 heavy (non-hydrogen) atoms. The molecule has 0 spiro atoms. The molecule has 5 heteroatoms. The van der Waals surface area contributed by atoms with E-state index < -0.39 is 5.41 Å². The third-order valence-electron chi connectivity index (χ3n) is 4.55. The van der Waals surface area contributed by atoms with E-state index >= 15 is 0 Å². The van der Waals surface area contributed by atoms with Gasteiger partial charge in [-0.15, -0.1) is 0 Å². The lowest BCUT2D eigenvalue weighted by molar-refractivity contribution is -0.344. The summed E-state index contributed by atoms with van der Waals surface area (Å²) in [6.07, 6.45) is 4.01. The van der Waals surface area contributed by atoms with Gasteiger partial charge in [-0.3, -0.25) is 4.79 Å². The normalized spacial score (nSPS) is 27.6. The molecule has 0 N–H and O–H groups in total. The highest BCUT2D eigenvalue weighted by atomic mass is 35.5. The number of carbonyl (C=O) groups is 1. The van der Waals surface area contributed by atoms with Crippen molar-refractivity contribution in [3.05, 3.63) is 34.9 Å². The van der Waals surface area contributed by atoms with Gasteiger partial charge in [-0.2, -0.15) is 0 Å². The van der Waals surface area contributed by atoms with E-state index in [4.69, 9.17) is 21.3 Å². The van der Waals surface area contributed by atoms with Gasteiger partial charge in [0.05, 0.1) is 18.1 Å². The number of hydrogen-bond acceptors (Lipinski definition) is 3. The number of amides is 1. The van der Waals surface area contributed by atoms with Gasteiger partial charge in [-0.25, -0.2) is 9.68 Å². The van der Waals surface area contributed by atoms with Crippen LogP contribution < -0.4 is 0 Å². The Labute approximate surface area is 136 Å². The Bertz CT molecular complexity index is 561. The second-order valence-corrected chi connectivity index (χ2v) is 7.26. The van der Waals surface area contributed by atoms with Crippen molar-refractivity contribution < 1.29 is 14.5 Å². The van der Waals surface area contributed by atoms with Crippen LogP contribution in [-0.4, -0.2) is 23.8 Å². The molecule has 1 saturated heterocycles. The first-order valence-corrected chi connectivity index (χ1v) is 8.23. The number of benzene rings is 1. The molecule has 1 saturated carbocycles. The highest BCUT2D eigenvalue weighted by molar-refractivity contribution is 6.31. The Morgan fingerprint density at radius 1 is 1.36 bits per heavy atom. The summed E-state index contributed by atoms with van der Waals surface area (Å²) in [5, 5.41) is 1.90. The summed E-state index contributed by atoms with van der Waals surface area (Å²) in [7, 11) is 0. The van der Waals surface area contributed by atoms with Gasteiger partial charge in [0, 0.05) is 5.02 Å². The predicted molar refractivity (Wildman–Crippen MR) is 83.9 cm³/mol. The molecule has 1 aliphatic heterocycles. The molecule has 0 bridgehead atoms. The number of halogens is 1. The van der Waals surface area contributed by atoms with Gasteiger partial charge in [0.25, 0.3) is 5.91 Å². The molecule has 120 valence electrons. The van der Waals surface area contributed by atoms with Crippen LogP contribution in [0.2, 0.25) is 5.02 Å². The third kappa shape index (κ3) is 3.14. The molecule has 2 unspecified atom stereocenters. The van der Waals surface area contributed by atoms with Crippen LogP contribution in [0.15, 0.2) is 24.3 Å². The second kappa shape index (κ2) is 6.19. The molecule has 1 amide bonds. The Morgan fingerprint density at radius 2 is 2.14 bits per heavy atom. The van der Waals surface area contributed by atoms with E-state index in [1.54, 1.807) is 0 Å². The molecule has 0 aromatic heterocycles. The van der Waals surface area contributed by atoms with E-state index in [1.807, 2.05) is 32.0 Å². The summed E-state index contributed by atoms with van der Waals surface area (Å²) in [4.78, 5) is 23.5. The molecule has 1 aromatic rings. The fourth-order valence-corrected chi connectivity index (χ4v) is 3.32. The average molecular weight is 324 g/mol. The number of carbonyl (C=O) groups excluding carboxylic acids is 1. The molecule has 3 rings (SSSR count). The van der Waals surface area contributed by atoms with Crippen LogP contribution in [0, 0.1) is 11.3 Å². The van der Waals surface area contributed by atoms with Gasteiger partial charge in [0.1, 0.15) is 0 Å². The Kier molecular flexibility index (Phi) is 4.44. The molecule has 0 radical (unpaired) electrons. The van der Waals surface area contributed by atoms with Crippen LogP contribution in [0.1, 0.15) is 38.7 Å². The lowest BCUT2D eigenvalue weighted by atomic mass is 9.95. The molecule has 2 atom stereocenters. The maximum atomic E-state index is 12.2. The van der Waals surface area contributed by atoms with Gasteiger partial charge in [0.2, 0.25) is 0 Å². The first kappa shape index (κ1) is 15.8. The van der Waals surface area contributed by atoms with E-state index in [9.17, 15) is 4.79 Å². The molecule has 2 fully saturated rings. The highest BCUT2D eigenvalue weighted by Crippen LogP contribution is 2.35. The zero-order valence-corrected chi connectivity index (χ0v) is 13.8. The van der Waals surface area contributed by atoms with Crippen LogP contribution in [-0.2, 0) is 20.9 Å². The van der Waals surface area contributed by atoms with Crippen LogP contribution in [0.4, 0.5) is 0 Å². The van der Waals surface area contributed by atoms with Crippen molar-refractivity contribution in [3.63, 3.8) is 0 Å². The summed E-state index contributed by atoms with van der Waals surface area (Å²) in [5.74, 6) is 0.260. The van der Waals surface area contributed by atoms with Crippen LogP contribution in [0.3, 0.4) is 0 Å². The topological polar surface area (TPSA) is 38.8 Å². The van der Waals surface area contributed by atoms with Gasteiger partial charge in [-0.05, 0) is 50.7 Å². The van der Waals surface area contributed by atoms with Gasteiger partial charge < -0.3 is 0 Å². The fourth-order valence-electron chi connectivity index (χ4n) is 3.11. The Morgan fingerprint density at radius 3 is 2.82 bits per heavy atom. The molecule has 1 aromatic carbocycles. The van der Waals surface area contributed by atoms with Crippen molar-refractivity contribution in [2.75, 3.05) is 6.61 Å². The van der Waals surface area contributed by atoms with Gasteiger partial charge in [-0.1, -0.05) is 41.4 Å². The van der Waals surface area contributed by atoms with Gasteiger partial charge >= 0.3 is 0 Å². The summed E-state index contributed by atoms with van der Waals surface area (Å²) >= 11 is 6.25. The quantitative estimate of drug-likeness (QED) is 0.846. The summed E-state index contributed by atoms with van der Waals surface area (Å²) < 4.78 is 0. The molecular weight excluding hydrogens is 302 g/mol. The highest BCUT2D eigenvalue weighted by Gasteiger charge is 2.44. The van der Waals surface area contributed by atoms with Crippen molar-refractivity contribution in [1.82, 2.24) is 5.23 Å². The monoisotopic (exact) mass is 323 g/mol. The lowest BCUT2D eigenvalue weighted by Crippen LogP contribution is -2.36. The van der Waals surface area contributed by atoms with Gasteiger partial charge in [0.15, 0.2) is 0 Å². The predicted octanol–water partition coefficient (Wildman–Crippen LogP) is 3.78. The second-order valence-electron chi connectivity index (χ2n) is 6.85. The minimum Gasteiger partial charge on any atom is -0.269 e. The van der Waals surface area contributed by atoms with E-state index in [1.165, 1.54) is 0 Å². The number of rotatable bonds is 4. The summed E-state index contributed by atoms with van der Waals surface area (Å²) in [6, 6.07) is 7.91. The zero-order valence-electron chi connectivity index (χ0n) is 13.0. The van der Waals surface area contributed by atoms with Crippen molar-refractivity contribution in [2.24, 2.45) is 11.3 Å². The Balaban J connectivity index is 1.64. The first-order valence-electron chi connectivity index (χ1n) is 7.85. The van der Waals surface area contributed by atoms with E-state index in [2.05, 4.69) is 6.07 Å². The smallest absolute Gasteiger partial charge is 0.269 e. The minimum atomic E-state index is -0.503. The van der Waals surface area contributed by atoms with Crippen LogP contribution >= 0.6 is 11.6 Å². The fraction of sp³-hybridized carbons (Fsp3) is 0.588. The maximum Gasteiger partial charge on any atom is 0.281 e. The molecule has 1 aliphatic carbocycles. The van der Waals surface area contributed by atoms with E-state index in [0.717, 1.165) is 41.5 Å². The number of hydrogen-bond donors (Lipinski definition) is 0. The number of nitrogens with zero attached hydrogens (tertiary/aromatic N) is 1. The first-order chi connectivity index (χ1) is 10.5. The summed E-state index contributed by atoms with van der Waals surface area (Å²) in [5.41, 5.74) is 0.635. The summed E-state index contributed by atoms with van der Waals surface area (Å²) in [6.45, 7) is 4.11. The van der Waals surface area contributed by atoms with E-state index in [-0.39, 0.29) is 12.0 Å². The van der Waals surface area contributed by atoms with Crippen molar-refractivity contribution in [3.8, 4) is 0 Å². The molecule has 4 nitrogen and oxygen atoms in total. The molecular formula is C17H22ClNO3. The third-order valence-corrected chi connectivity index (χ3v) is 4.92. The Hall–Kier alpha value is -1.10. The zero-order chi connectivity index (χ0) is 15.7. The van der Waals surface area contributed by atoms with E-state index in [0.29, 0.717) is 12.5 Å². The van der Waals surface area contributed by atoms with Crippen LogP contribution in [0.5, 0.6) is 0 Å². The van der Waals surface area contributed by atoms with Crippen molar-refractivity contribution in [1.29, 1.82) is 0 Å².